The van der Waals surface area contributed by atoms with E-state index in [1.807, 2.05) is 45.2 Å². The first-order chi connectivity index (χ1) is 9.45. The highest BCUT2D eigenvalue weighted by Crippen LogP contribution is 2.20. The maximum atomic E-state index is 12.0. The fourth-order valence-electron chi connectivity index (χ4n) is 1.71. The number of hydrogen-bond acceptors (Lipinski definition) is 2. The van der Waals surface area contributed by atoms with Crippen molar-refractivity contribution in [3.05, 3.63) is 28.7 Å². The predicted molar refractivity (Wildman–Crippen MR) is 82.7 cm³/mol. The van der Waals surface area contributed by atoms with Crippen LogP contribution in [0.3, 0.4) is 0 Å². The van der Waals surface area contributed by atoms with Crippen molar-refractivity contribution in [2.45, 2.75) is 19.9 Å². The molecule has 3 N–H and O–H groups in total. The average Bonchev–Trinajstić information content (AvgIpc) is 2.40. The zero-order valence-electron chi connectivity index (χ0n) is 12.0. The highest BCUT2D eigenvalue weighted by molar-refractivity contribution is 9.10. The van der Waals surface area contributed by atoms with Crippen LogP contribution < -0.4 is 15.5 Å². The molecule has 2 amide bonds. The lowest BCUT2D eigenvalue weighted by atomic mass is 10.2. The van der Waals surface area contributed by atoms with E-state index in [0.717, 1.165) is 15.1 Å². The molecule has 1 aromatic carbocycles. The third-order valence-electron chi connectivity index (χ3n) is 3.07. The molecule has 5 nitrogen and oxygen atoms in total. The van der Waals surface area contributed by atoms with Crippen molar-refractivity contribution in [3.8, 4) is 0 Å². The number of benzene rings is 1. The minimum Gasteiger partial charge on any atom is -0.351 e. The Balaban J connectivity index is 2.54. The normalized spacial score (nSPS) is 13.4. The topological polar surface area (TPSA) is 62.6 Å². The van der Waals surface area contributed by atoms with Gasteiger partial charge in [-0.3, -0.25) is 9.59 Å². The van der Waals surface area contributed by atoms with E-state index in [2.05, 4.69) is 26.6 Å². The lowest BCUT2D eigenvalue weighted by Crippen LogP contribution is -3.15. The molecular formula is C14H21BrN3O2+. The molecule has 0 radical (unpaired) electrons. The molecule has 0 aromatic heterocycles. The van der Waals surface area contributed by atoms with E-state index in [-0.39, 0.29) is 24.4 Å². The summed E-state index contributed by atoms with van der Waals surface area (Å²) < 4.78 is 0.836. The maximum Gasteiger partial charge on any atom is 0.279 e. The molecule has 0 saturated heterocycles. The SMILES string of the molecule is CCNC(=O)[C@@H](C)[NH+](C)CC(=O)Nc1ccccc1Br. The number of halogens is 1. The van der Waals surface area contributed by atoms with E-state index in [0.29, 0.717) is 6.54 Å². The number of carbonyl (C=O) groups is 2. The third-order valence-corrected chi connectivity index (χ3v) is 3.76. The van der Waals surface area contributed by atoms with Crippen LogP contribution in [-0.2, 0) is 9.59 Å². The largest absolute Gasteiger partial charge is 0.351 e. The van der Waals surface area contributed by atoms with Crippen molar-refractivity contribution >= 4 is 33.4 Å². The van der Waals surface area contributed by atoms with Crippen molar-refractivity contribution in [2.24, 2.45) is 0 Å². The van der Waals surface area contributed by atoms with Gasteiger partial charge in [-0.2, -0.15) is 0 Å². The Morgan fingerprint density at radius 2 is 2.00 bits per heavy atom. The van der Waals surface area contributed by atoms with E-state index < -0.39 is 0 Å². The van der Waals surface area contributed by atoms with E-state index in [9.17, 15) is 9.59 Å². The molecule has 0 aliphatic carbocycles. The second kappa shape index (κ2) is 8.01. The molecule has 1 aromatic rings. The summed E-state index contributed by atoms with van der Waals surface area (Å²) in [6, 6.07) is 7.16. The van der Waals surface area contributed by atoms with Crippen LogP contribution in [0.15, 0.2) is 28.7 Å². The van der Waals surface area contributed by atoms with Crippen LogP contribution in [0.1, 0.15) is 13.8 Å². The van der Waals surface area contributed by atoms with Gasteiger partial charge >= 0.3 is 0 Å². The third kappa shape index (κ3) is 4.94. The van der Waals surface area contributed by atoms with Gasteiger partial charge in [0.1, 0.15) is 0 Å². The smallest absolute Gasteiger partial charge is 0.279 e. The van der Waals surface area contributed by atoms with Gasteiger partial charge in [0.15, 0.2) is 12.6 Å². The molecule has 0 aliphatic rings. The number of anilines is 1. The van der Waals surface area contributed by atoms with Gasteiger partial charge in [-0.25, -0.2) is 0 Å². The summed E-state index contributed by atoms with van der Waals surface area (Å²) in [5.74, 6) is -0.163. The predicted octanol–water partition coefficient (Wildman–Crippen LogP) is 0.427. The van der Waals surface area contributed by atoms with Crippen LogP contribution >= 0.6 is 15.9 Å². The zero-order valence-corrected chi connectivity index (χ0v) is 13.6. The van der Waals surface area contributed by atoms with Gasteiger partial charge in [0, 0.05) is 11.0 Å². The first-order valence-electron chi connectivity index (χ1n) is 6.60. The molecule has 1 rings (SSSR count). The first-order valence-corrected chi connectivity index (χ1v) is 7.39. The molecule has 0 saturated carbocycles. The molecule has 0 heterocycles. The Bertz CT molecular complexity index is 479. The highest BCUT2D eigenvalue weighted by Gasteiger charge is 2.23. The number of amides is 2. The quantitative estimate of drug-likeness (QED) is 0.701. The molecule has 20 heavy (non-hydrogen) atoms. The van der Waals surface area contributed by atoms with Gasteiger partial charge in [0.25, 0.3) is 11.8 Å². The van der Waals surface area contributed by atoms with Crippen LogP contribution in [0.4, 0.5) is 5.69 Å². The second-order valence-electron chi connectivity index (χ2n) is 4.67. The summed E-state index contributed by atoms with van der Waals surface area (Å²) in [6.45, 7) is 4.52. The summed E-state index contributed by atoms with van der Waals surface area (Å²) in [4.78, 5) is 24.5. The van der Waals surface area contributed by atoms with Crippen LogP contribution in [0, 0.1) is 0 Å². The molecule has 0 spiro atoms. The van der Waals surface area contributed by atoms with Crippen molar-refractivity contribution < 1.29 is 14.5 Å². The van der Waals surface area contributed by atoms with Gasteiger partial charge in [-0.1, -0.05) is 12.1 Å². The standard InChI is InChI=1S/C14H20BrN3O2/c1-4-16-14(20)10(2)18(3)9-13(19)17-12-8-6-5-7-11(12)15/h5-8,10H,4,9H2,1-3H3,(H,16,20)(H,17,19)/p+1/t10-/m1/s1. The minimum atomic E-state index is -0.264. The molecular weight excluding hydrogens is 322 g/mol. The number of likely N-dealkylation sites (N-methyl/N-ethyl adjacent to an activating group) is 2. The van der Waals surface area contributed by atoms with Gasteiger partial charge in [0.05, 0.1) is 12.7 Å². The molecule has 2 atom stereocenters. The van der Waals surface area contributed by atoms with Crippen LogP contribution in [-0.4, -0.2) is 38.0 Å². The van der Waals surface area contributed by atoms with Crippen molar-refractivity contribution in [3.63, 3.8) is 0 Å². The number of para-hydroxylation sites is 1. The molecule has 0 fully saturated rings. The number of quaternary nitrogens is 1. The highest BCUT2D eigenvalue weighted by atomic mass is 79.9. The maximum absolute atomic E-state index is 12.0. The Morgan fingerprint density at radius 1 is 1.35 bits per heavy atom. The van der Waals surface area contributed by atoms with Crippen molar-refractivity contribution in [2.75, 3.05) is 25.5 Å². The molecule has 0 bridgehead atoms. The van der Waals surface area contributed by atoms with E-state index >= 15 is 0 Å². The Kier molecular flexibility index (Phi) is 6.67. The van der Waals surface area contributed by atoms with Crippen LogP contribution in [0.25, 0.3) is 0 Å². The number of rotatable bonds is 6. The Hall–Kier alpha value is -1.40. The van der Waals surface area contributed by atoms with E-state index in [4.69, 9.17) is 0 Å². The summed E-state index contributed by atoms with van der Waals surface area (Å²) in [6.07, 6.45) is 0. The monoisotopic (exact) mass is 342 g/mol. The molecule has 1 unspecified atom stereocenters. The summed E-state index contributed by atoms with van der Waals surface area (Å²) in [5.41, 5.74) is 0.732. The Labute approximate surface area is 127 Å². The number of hydrogen-bond donors (Lipinski definition) is 3. The summed E-state index contributed by atoms with van der Waals surface area (Å²) >= 11 is 3.38. The lowest BCUT2D eigenvalue weighted by molar-refractivity contribution is -0.885. The first kappa shape index (κ1) is 16.7. The van der Waals surface area contributed by atoms with Gasteiger partial charge in [-0.15, -0.1) is 0 Å². The van der Waals surface area contributed by atoms with Crippen LogP contribution in [0.2, 0.25) is 0 Å². The summed E-state index contributed by atoms with van der Waals surface area (Å²) in [5, 5.41) is 5.59. The van der Waals surface area contributed by atoms with E-state index in [1.165, 1.54) is 0 Å². The van der Waals surface area contributed by atoms with Gasteiger partial charge < -0.3 is 15.5 Å². The molecule has 0 aliphatic heterocycles. The number of nitrogens with one attached hydrogen (secondary N) is 3. The van der Waals surface area contributed by atoms with Crippen molar-refractivity contribution in [1.29, 1.82) is 0 Å². The number of carbonyl (C=O) groups excluding carboxylic acids is 2. The second-order valence-corrected chi connectivity index (χ2v) is 5.52. The van der Waals surface area contributed by atoms with Gasteiger partial charge in [0.2, 0.25) is 0 Å². The molecule has 110 valence electrons. The van der Waals surface area contributed by atoms with Crippen molar-refractivity contribution in [1.82, 2.24) is 5.32 Å². The van der Waals surface area contributed by atoms with Gasteiger partial charge in [-0.05, 0) is 41.9 Å². The fraction of sp³-hybridized carbons (Fsp3) is 0.429. The average molecular weight is 343 g/mol. The zero-order chi connectivity index (χ0) is 15.1. The summed E-state index contributed by atoms with van der Waals surface area (Å²) in [7, 11) is 1.83. The molecule has 6 heteroatoms. The van der Waals surface area contributed by atoms with E-state index in [1.54, 1.807) is 0 Å². The lowest BCUT2D eigenvalue weighted by Gasteiger charge is -2.20. The van der Waals surface area contributed by atoms with Crippen LogP contribution in [0.5, 0.6) is 0 Å². The fourth-order valence-corrected chi connectivity index (χ4v) is 2.10. The Morgan fingerprint density at radius 3 is 2.60 bits per heavy atom. The minimum absolute atomic E-state index is 0.0429.